The minimum atomic E-state index is -0.521. The lowest BCUT2D eigenvalue weighted by molar-refractivity contribution is 0.0357. The van der Waals surface area contributed by atoms with Crippen LogP contribution in [-0.2, 0) is 4.84 Å². The molecule has 4 heteroatoms. The van der Waals surface area contributed by atoms with E-state index in [2.05, 4.69) is 52.0 Å². The number of nitrogens with zero attached hydrogens (tertiary/aromatic N) is 1. The molecule has 4 nitrogen and oxygen atoms in total. The first kappa shape index (κ1) is 17.4. The van der Waals surface area contributed by atoms with Crippen LogP contribution in [0.25, 0.3) is 0 Å². The maximum absolute atomic E-state index is 9.84. The summed E-state index contributed by atoms with van der Waals surface area (Å²) in [5, 5.41) is 17.3. The molecule has 2 atom stereocenters. The van der Waals surface area contributed by atoms with E-state index in [0.717, 1.165) is 18.6 Å². The minimum absolute atomic E-state index is 0.00962. The molecular formula is C16H32N2O2. The van der Waals surface area contributed by atoms with Gasteiger partial charge in [-0.15, -0.1) is 0 Å². The van der Waals surface area contributed by atoms with Gasteiger partial charge < -0.3 is 15.3 Å². The van der Waals surface area contributed by atoms with Gasteiger partial charge in [0, 0.05) is 12.1 Å². The van der Waals surface area contributed by atoms with Crippen molar-refractivity contribution in [2.75, 3.05) is 13.2 Å². The van der Waals surface area contributed by atoms with Gasteiger partial charge in [-0.2, -0.15) is 0 Å². The Balaban J connectivity index is 2.33. The maximum Gasteiger partial charge on any atom is 0.144 e. The average molecular weight is 284 g/mol. The van der Waals surface area contributed by atoms with Crippen LogP contribution in [-0.4, -0.2) is 35.6 Å². The summed E-state index contributed by atoms with van der Waals surface area (Å²) in [7, 11) is 0. The molecule has 118 valence electrons. The molecule has 0 bridgehead atoms. The molecule has 0 heterocycles. The standard InChI is InChI=1S/C16H32N2O2/c1-12-7-13(9-16(5,6)8-12)18-20-11-14(19)10-17-15(2,3)4/h12,14,17,19H,7-11H2,1-6H3/b18-13-. The highest BCUT2D eigenvalue weighted by molar-refractivity contribution is 5.85. The van der Waals surface area contributed by atoms with E-state index in [1.807, 2.05) is 0 Å². The molecule has 2 N–H and O–H groups in total. The predicted octanol–water partition coefficient (Wildman–Crippen LogP) is 2.95. The SMILES string of the molecule is CC1C/C(=N/OCC(O)CNC(C)(C)C)CC(C)(C)C1. The summed E-state index contributed by atoms with van der Waals surface area (Å²) in [5.41, 5.74) is 1.45. The average Bonchev–Trinajstić information content (AvgIpc) is 2.22. The predicted molar refractivity (Wildman–Crippen MR) is 83.9 cm³/mol. The van der Waals surface area contributed by atoms with E-state index in [-0.39, 0.29) is 12.1 Å². The summed E-state index contributed by atoms with van der Waals surface area (Å²) in [6.45, 7) is 13.8. The number of β-amino-alcohol motifs (C(OH)–C–C–N with tert-alkyl or cyclic N) is 1. The fraction of sp³-hybridized carbons (Fsp3) is 0.938. The highest BCUT2D eigenvalue weighted by atomic mass is 16.6. The summed E-state index contributed by atoms with van der Waals surface area (Å²) in [6.07, 6.45) is 2.73. The smallest absolute Gasteiger partial charge is 0.144 e. The van der Waals surface area contributed by atoms with Crippen molar-refractivity contribution in [3.63, 3.8) is 0 Å². The van der Waals surface area contributed by atoms with E-state index in [4.69, 9.17) is 4.84 Å². The number of nitrogens with one attached hydrogen (secondary N) is 1. The van der Waals surface area contributed by atoms with Crippen molar-refractivity contribution in [2.24, 2.45) is 16.5 Å². The first-order valence-corrected chi connectivity index (χ1v) is 7.68. The van der Waals surface area contributed by atoms with Gasteiger partial charge in [0.05, 0.1) is 5.71 Å². The summed E-state index contributed by atoms with van der Waals surface area (Å²) in [5.74, 6) is 0.661. The zero-order valence-electron chi connectivity index (χ0n) is 14.0. The van der Waals surface area contributed by atoms with Crippen LogP contribution in [0.5, 0.6) is 0 Å². The van der Waals surface area contributed by atoms with Crippen LogP contribution < -0.4 is 5.32 Å². The van der Waals surface area contributed by atoms with Gasteiger partial charge in [0.2, 0.25) is 0 Å². The number of aliphatic hydroxyl groups excluding tert-OH is 1. The van der Waals surface area contributed by atoms with Gasteiger partial charge in [0.15, 0.2) is 0 Å². The van der Waals surface area contributed by atoms with Gasteiger partial charge in [-0.25, -0.2) is 0 Å². The minimum Gasteiger partial charge on any atom is -0.393 e. The van der Waals surface area contributed by atoms with Crippen molar-refractivity contribution in [2.45, 2.75) is 72.4 Å². The molecule has 0 spiro atoms. The molecule has 0 aromatic rings. The third-order valence-corrected chi connectivity index (χ3v) is 3.50. The van der Waals surface area contributed by atoms with Crippen LogP contribution >= 0.6 is 0 Å². The zero-order chi connectivity index (χ0) is 15.4. The molecule has 1 saturated carbocycles. The Morgan fingerprint density at radius 2 is 2.10 bits per heavy atom. The van der Waals surface area contributed by atoms with Gasteiger partial charge in [0.1, 0.15) is 12.7 Å². The number of rotatable bonds is 5. The van der Waals surface area contributed by atoms with Gasteiger partial charge in [-0.3, -0.25) is 0 Å². The third kappa shape index (κ3) is 7.25. The Bertz CT molecular complexity index is 332. The van der Waals surface area contributed by atoms with Crippen molar-refractivity contribution in [1.82, 2.24) is 5.32 Å². The van der Waals surface area contributed by atoms with E-state index >= 15 is 0 Å². The second kappa shape index (κ2) is 6.90. The van der Waals surface area contributed by atoms with Crippen molar-refractivity contribution >= 4 is 5.71 Å². The molecule has 1 aliphatic carbocycles. The fourth-order valence-electron chi connectivity index (χ4n) is 2.88. The maximum atomic E-state index is 9.84. The molecule has 1 aliphatic rings. The molecule has 0 aromatic heterocycles. The van der Waals surface area contributed by atoms with Gasteiger partial charge in [-0.05, 0) is 51.4 Å². The van der Waals surface area contributed by atoms with Crippen molar-refractivity contribution in [1.29, 1.82) is 0 Å². The Kier molecular flexibility index (Phi) is 6.02. The van der Waals surface area contributed by atoms with Crippen LogP contribution in [0, 0.1) is 11.3 Å². The van der Waals surface area contributed by atoms with Crippen LogP contribution in [0.1, 0.15) is 60.8 Å². The van der Waals surface area contributed by atoms with E-state index in [9.17, 15) is 5.11 Å². The molecule has 0 saturated heterocycles. The number of hydrogen-bond donors (Lipinski definition) is 2. The third-order valence-electron chi connectivity index (χ3n) is 3.50. The first-order chi connectivity index (χ1) is 9.07. The molecule has 1 rings (SSSR count). The summed E-state index contributed by atoms with van der Waals surface area (Å²) >= 11 is 0. The molecule has 0 radical (unpaired) electrons. The molecule has 0 aliphatic heterocycles. The number of hydrogen-bond acceptors (Lipinski definition) is 4. The van der Waals surface area contributed by atoms with Gasteiger partial charge in [-0.1, -0.05) is 25.9 Å². The van der Waals surface area contributed by atoms with E-state index < -0.39 is 6.10 Å². The fourth-order valence-corrected chi connectivity index (χ4v) is 2.88. The monoisotopic (exact) mass is 284 g/mol. The largest absolute Gasteiger partial charge is 0.393 e. The zero-order valence-corrected chi connectivity index (χ0v) is 14.0. The Hall–Kier alpha value is -0.610. The van der Waals surface area contributed by atoms with E-state index in [1.165, 1.54) is 6.42 Å². The molecule has 0 aromatic carbocycles. The Morgan fingerprint density at radius 3 is 2.65 bits per heavy atom. The summed E-state index contributed by atoms with van der Waals surface area (Å²) in [4.78, 5) is 5.34. The number of aliphatic hydroxyl groups is 1. The quantitative estimate of drug-likeness (QED) is 0.763. The molecule has 2 unspecified atom stereocenters. The van der Waals surface area contributed by atoms with Gasteiger partial charge in [0.25, 0.3) is 0 Å². The second-order valence-electron chi connectivity index (χ2n) is 8.09. The van der Waals surface area contributed by atoms with Gasteiger partial charge >= 0.3 is 0 Å². The lowest BCUT2D eigenvalue weighted by Crippen LogP contribution is -2.42. The topological polar surface area (TPSA) is 53.9 Å². The molecule has 20 heavy (non-hydrogen) atoms. The molecular weight excluding hydrogens is 252 g/mol. The highest BCUT2D eigenvalue weighted by Crippen LogP contribution is 2.36. The van der Waals surface area contributed by atoms with Crippen LogP contribution in [0.2, 0.25) is 0 Å². The van der Waals surface area contributed by atoms with Crippen molar-refractivity contribution in [3.05, 3.63) is 0 Å². The molecule has 0 amide bonds. The number of oxime groups is 1. The second-order valence-corrected chi connectivity index (χ2v) is 8.09. The van der Waals surface area contributed by atoms with Crippen LogP contribution in [0.3, 0.4) is 0 Å². The first-order valence-electron chi connectivity index (χ1n) is 7.68. The lowest BCUT2D eigenvalue weighted by atomic mass is 9.72. The highest BCUT2D eigenvalue weighted by Gasteiger charge is 2.29. The Labute approximate surface area is 124 Å². The van der Waals surface area contributed by atoms with E-state index in [0.29, 0.717) is 17.9 Å². The molecule has 1 fully saturated rings. The summed E-state index contributed by atoms with van der Waals surface area (Å²) < 4.78 is 0. The lowest BCUT2D eigenvalue weighted by Gasteiger charge is -2.34. The Morgan fingerprint density at radius 1 is 1.45 bits per heavy atom. The summed E-state index contributed by atoms with van der Waals surface area (Å²) in [6, 6.07) is 0. The van der Waals surface area contributed by atoms with Crippen LogP contribution in [0.15, 0.2) is 5.16 Å². The van der Waals surface area contributed by atoms with Crippen molar-refractivity contribution in [3.8, 4) is 0 Å². The van der Waals surface area contributed by atoms with E-state index in [1.54, 1.807) is 0 Å². The van der Waals surface area contributed by atoms with Crippen molar-refractivity contribution < 1.29 is 9.94 Å². The van der Waals surface area contributed by atoms with Crippen LogP contribution in [0.4, 0.5) is 0 Å². The normalized spacial score (nSPS) is 26.6.